The molecule has 0 aliphatic carbocycles. The smallest absolute Gasteiger partial charge is 0.335 e. The minimum atomic E-state index is -0.951. The van der Waals surface area contributed by atoms with Gasteiger partial charge < -0.3 is 14.6 Å². The molecule has 0 radical (unpaired) electrons. The van der Waals surface area contributed by atoms with Crippen LogP contribution in [0.4, 0.5) is 0 Å². The van der Waals surface area contributed by atoms with Crippen molar-refractivity contribution in [2.45, 2.75) is 6.61 Å². The molecule has 0 bridgehead atoms. The van der Waals surface area contributed by atoms with Crippen LogP contribution < -0.4 is 9.47 Å². The summed E-state index contributed by atoms with van der Waals surface area (Å²) in [6.45, 7) is 0.352. The normalized spacial score (nSPS) is 10.7. The van der Waals surface area contributed by atoms with E-state index in [1.165, 1.54) is 0 Å². The fourth-order valence-corrected chi connectivity index (χ4v) is 3.02. The predicted octanol–water partition coefficient (Wildman–Crippen LogP) is 5.96. The standard InChI is InChI=1S/C23H16ClNO4/c24-21-4-2-1-3-18(21)14-28-20-9-10-22(25-13-20)29-19-8-7-15-11-17(23(26)27)6-5-16(15)12-19/h1-13H,14H2,(H,26,27). The van der Waals surface area contributed by atoms with E-state index in [-0.39, 0.29) is 5.56 Å². The molecule has 0 aliphatic heterocycles. The lowest BCUT2D eigenvalue weighted by Crippen LogP contribution is -1.97. The third-order valence-electron chi connectivity index (χ3n) is 4.34. The zero-order valence-corrected chi connectivity index (χ0v) is 16.0. The van der Waals surface area contributed by atoms with E-state index in [1.807, 2.05) is 36.4 Å². The summed E-state index contributed by atoms with van der Waals surface area (Å²) in [6, 6.07) is 21.4. The molecule has 0 amide bonds. The zero-order chi connectivity index (χ0) is 20.2. The minimum absolute atomic E-state index is 0.250. The summed E-state index contributed by atoms with van der Waals surface area (Å²) >= 11 is 6.13. The van der Waals surface area contributed by atoms with Gasteiger partial charge in [0.25, 0.3) is 0 Å². The molecule has 6 heteroatoms. The minimum Gasteiger partial charge on any atom is -0.487 e. The summed E-state index contributed by atoms with van der Waals surface area (Å²) in [5, 5.41) is 11.5. The van der Waals surface area contributed by atoms with Crippen molar-refractivity contribution >= 4 is 28.3 Å². The van der Waals surface area contributed by atoms with Crippen molar-refractivity contribution < 1.29 is 19.4 Å². The summed E-state index contributed by atoms with van der Waals surface area (Å²) in [4.78, 5) is 15.3. The predicted molar refractivity (Wildman–Crippen MR) is 111 cm³/mol. The Morgan fingerprint density at radius 1 is 0.931 bits per heavy atom. The molecule has 5 nitrogen and oxygen atoms in total. The van der Waals surface area contributed by atoms with Gasteiger partial charge in [-0.1, -0.05) is 41.9 Å². The second kappa shape index (κ2) is 8.20. The van der Waals surface area contributed by atoms with Crippen LogP contribution in [0, 0.1) is 0 Å². The van der Waals surface area contributed by atoms with E-state index in [0.717, 1.165) is 16.3 Å². The van der Waals surface area contributed by atoms with E-state index in [9.17, 15) is 4.79 Å². The summed E-state index contributed by atoms with van der Waals surface area (Å²) in [6.07, 6.45) is 1.59. The Hall–Kier alpha value is -3.57. The highest BCUT2D eigenvalue weighted by Gasteiger charge is 2.06. The Bertz CT molecular complexity index is 1180. The highest BCUT2D eigenvalue weighted by atomic mass is 35.5. The number of hydrogen-bond acceptors (Lipinski definition) is 4. The molecule has 0 aliphatic rings. The van der Waals surface area contributed by atoms with Gasteiger partial charge in [0, 0.05) is 16.7 Å². The number of pyridine rings is 1. The Balaban J connectivity index is 1.43. The van der Waals surface area contributed by atoms with Crippen LogP contribution in [0.25, 0.3) is 10.8 Å². The molecule has 0 atom stereocenters. The molecule has 3 aromatic carbocycles. The number of aromatic nitrogens is 1. The average molecular weight is 406 g/mol. The van der Waals surface area contributed by atoms with Crippen LogP contribution in [0.1, 0.15) is 15.9 Å². The number of hydrogen-bond donors (Lipinski definition) is 1. The molecule has 29 heavy (non-hydrogen) atoms. The molecule has 144 valence electrons. The summed E-state index contributed by atoms with van der Waals surface area (Å²) in [5.74, 6) is 0.694. The van der Waals surface area contributed by atoms with Crippen LogP contribution in [-0.4, -0.2) is 16.1 Å². The summed E-state index contributed by atoms with van der Waals surface area (Å²) in [5.41, 5.74) is 1.15. The number of ether oxygens (including phenoxy) is 2. The van der Waals surface area contributed by atoms with Gasteiger partial charge in [0.05, 0.1) is 11.8 Å². The molecule has 0 saturated heterocycles. The van der Waals surface area contributed by atoms with Gasteiger partial charge in [-0.25, -0.2) is 9.78 Å². The molecule has 1 heterocycles. The van der Waals surface area contributed by atoms with Gasteiger partial charge in [-0.15, -0.1) is 0 Å². The number of fused-ring (bicyclic) bond motifs is 1. The van der Waals surface area contributed by atoms with Gasteiger partial charge in [0.1, 0.15) is 18.1 Å². The van der Waals surface area contributed by atoms with Gasteiger partial charge >= 0.3 is 5.97 Å². The highest BCUT2D eigenvalue weighted by Crippen LogP contribution is 2.26. The van der Waals surface area contributed by atoms with Crippen molar-refractivity contribution in [3.8, 4) is 17.4 Å². The average Bonchev–Trinajstić information content (AvgIpc) is 2.74. The van der Waals surface area contributed by atoms with E-state index in [1.54, 1.807) is 42.6 Å². The Morgan fingerprint density at radius 3 is 2.45 bits per heavy atom. The molecule has 1 N–H and O–H groups in total. The third-order valence-corrected chi connectivity index (χ3v) is 4.71. The van der Waals surface area contributed by atoms with Crippen molar-refractivity contribution in [1.29, 1.82) is 0 Å². The number of nitrogens with zero attached hydrogens (tertiary/aromatic N) is 1. The number of carboxylic acid groups (broad SMARTS) is 1. The number of aromatic carboxylic acids is 1. The molecule has 1 aromatic heterocycles. The molecule has 4 aromatic rings. The highest BCUT2D eigenvalue weighted by molar-refractivity contribution is 6.31. The number of rotatable bonds is 6. The molecular weight excluding hydrogens is 390 g/mol. The topological polar surface area (TPSA) is 68.7 Å². The second-order valence-electron chi connectivity index (χ2n) is 6.34. The van der Waals surface area contributed by atoms with Crippen LogP contribution in [0.15, 0.2) is 79.0 Å². The molecule has 0 unspecified atom stereocenters. The van der Waals surface area contributed by atoms with Crippen LogP contribution in [-0.2, 0) is 6.61 Å². The lowest BCUT2D eigenvalue weighted by atomic mass is 10.1. The van der Waals surface area contributed by atoms with Crippen molar-refractivity contribution in [3.05, 3.63) is 95.1 Å². The summed E-state index contributed by atoms with van der Waals surface area (Å²) < 4.78 is 11.5. The monoisotopic (exact) mass is 405 g/mol. The lowest BCUT2D eigenvalue weighted by Gasteiger charge is -2.09. The van der Waals surface area contributed by atoms with E-state index in [2.05, 4.69) is 4.98 Å². The van der Waals surface area contributed by atoms with E-state index < -0.39 is 5.97 Å². The van der Waals surface area contributed by atoms with Gasteiger partial charge in [0.2, 0.25) is 5.88 Å². The number of carbonyl (C=O) groups is 1. The molecular formula is C23H16ClNO4. The van der Waals surface area contributed by atoms with Crippen molar-refractivity contribution in [2.75, 3.05) is 0 Å². The van der Waals surface area contributed by atoms with Crippen LogP contribution in [0.3, 0.4) is 0 Å². The fourth-order valence-electron chi connectivity index (χ4n) is 2.83. The first-order valence-corrected chi connectivity index (χ1v) is 9.23. The maximum Gasteiger partial charge on any atom is 0.335 e. The second-order valence-corrected chi connectivity index (χ2v) is 6.75. The quantitative estimate of drug-likeness (QED) is 0.428. The number of benzene rings is 3. The zero-order valence-electron chi connectivity index (χ0n) is 15.2. The van der Waals surface area contributed by atoms with Gasteiger partial charge in [-0.2, -0.15) is 0 Å². The molecule has 0 saturated carbocycles. The largest absolute Gasteiger partial charge is 0.487 e. The van der Waals surface area contributed by atoms with Gasteiger partial charge in [-0.05, 0) is 47.2 Å². The van der Waals surface area contributed by atoms with Crippen molar-refractivity contribution in [2.24, 2.45) is 0 Å². The van der Waals surface area contributed by atoms with E-state index >= 15 is 0 Å². The lowest BCUT2D eigenvalue weighted by molar-refractivity contribution is 0.0697. The number of halogens is 1. The first-order valence-electron chi connectivity index (χ1n) is 8.86. The number of carboxylic acids is 1. The Morgan fingerprint density at radius 2 is 1.69 bits per heavy atom. The van der Waals surface area contributed by atoms with Crippen LogP contribution >= 0.6 is 11.6 Å². The van der Waals surface area contributed by atoms with E-state index in [4.69, 9.17) is 26.2 Å². The van der Waals surface area contributed by atoms with Gasteiger partial charge in [0.15, 0.2) is 0 Å². The molecule has 0 fully saturated rings. The fraction of sp³-hybridized carbons (Fsp3) is 0.0435. The van der Waals surface area contributed by atoms with Gasteiger partial charge in [-0.3, -0.25) is 0 Å². The molecule has 0 spiro atoms. The third kappa shape index (κ3) is 4.47. The van der Waals surface area contributed by atoms with Crippen molar-refractivity contribution in [1.82, 2.24) is 4.98 Å². The SMILES string of the molecule is O=C(O)c1ccc2cc(Oc3ccc(OCc4ccccc4Cl)cn3)ccc2c1. The van der Waals surface area contributed by atoms with Crippen molar-refractivity contribution in [3.63, 3.8) is 0 Å². The van der Waals surface area contributed by atoms with Crippen LogP contribution in [0.2, 0.25) is 5.02 Å². The Labute approximate surface area is 172 Å². The van der Waals surface area contributed by atoms with E-state index in [0.29, 0.717) is 29.0 Å². The maximum absolute atomic E-state index is 11.1. The first kappa shape index (κ1) is 18.8. The van der Waals surface area contributed by atoms with Crippen LogP contribution in [0.5, 0.6) is 17.4 Å². The molecule has 4 rings (SSSR count). The first-order chi connectivity index (χ1) is 14.1. The Kier molecular flexibility index (Phi) is 5.31. The maximum atomic E-state index is 11.1. The summed E-state index contributed by atoms with van der Waals surface area (Å²) in [7, 11) is 0.